The zero-order valence-electron chi connectivity index (χ0n) is 21.2. The third-order valence-corrected chi connectivity index (χ3v) is 5.79. The number of amides is 3. The Morgan fingerprint density at radius 3 is 2.33 bits per heavy atom. The maximum absolute atomic E-state index is 13.6. The van der Waals surface area contributed by atoms with E-state index in [1.54, 1.807) is 30.5 Å². The van der Waals surface area contributed by atoms with Crippen LogP contribution in [0.5, 0.6) is 5.75 Å². The van der Waals surface area contributed by atoms with E-state index < -0.39 is 30.0 Å². The van der Waals surface area contributed by atoms with Crippen molar-refractivity contribution in [2.24, 2.45) is 11.8 Å². The van der Waals surface area contributed by atoms with Gasteiger partial charge >= 0.3 is 0 Å². The van der Waals surface area contributed by atoms with Crippen LogP contribution in [-0.2, 0) is 14.4 Å². The molecule has 36 heavy (non-hydrogen) atoms. The monoisotopic (exact) mass is 489 g/mol. The molecule has 3 N–H and O–H groups in total. The van der Waals surface area contributed by atoms with Gasteiger partial charge in [-0.25, -0.2) is 0 Å². The molecule has 0 saturated carbocycles. The van der Waals surface area contributed by atoms with Gasteiger partial charge in [0.2, 0.25) is 17.7 Å². The second-order valence-electron chi connectivity index (χ2n) is 9.66. The van der Waals surface area contributed by atoms with Crippen molar-refractivity contribution in [3.05, 3.63) is 78.0 Å². The van der Waals surface area contributed by atoms with Crippen LogP contribution in [0.4, 0.5) is 0 Å². The highest BCUT2D eigenvalue weighted by Crippen LogP contribution is 2.21. The third kappa shape index (κ3) is 7.83. The summed E-state index contributed by atoms with van der Waals surface area (Å²) in [7, 11) is 0. The van der Waals surface area contributed by atoms with Gasteiger partial charge in [0.05, 0.1) is 0 Å². The summed E-state index contributed by atoms with van der Waals surface area (Å²) in [5.41, 5.74) is 1.75. The molecular formula is C29H35N3O4. The molecule has 7 heteroatoms. The minimum absolute atomic E-state index is 0.121. The summed E-state index contributed by atoms with van der Waals surface area (Å²) in [6, 6.07) is 15.0. The zero-order valence-corrected chi connectivity index (χ0v) is 21.2. The number of hydrogen-bond acceptors (Lipinski definition) is 4. The van der Waals surface area contributed by atoms with Crippen LogP contribution >= 0.6 is 0 Å². The average molecular weight is 490 g/mol. The van der Waals surface area contributed by atoms with E-state index >= 15 is 0 Å². The second-order valence-corrected chi connectivity index (χ2v) is 9.66. The fourth-order valence-electron chi connectivity index (χ4n) is 3.92. The van der Waals surface area contributed by atoms with Crippen LogP contribution in [0.3, 0.4) is 0 Å². The fraction of sp³-hybridized carbons (Fsp3) is 0.345. The van der Waals surface area contributed by atoms with Gasteiger partial charge in [-0.2, -0.15) is 0 Å². The van der Waals surface area contributed by atoms with Crippen molar-refractivity contribution in [1.82, 2.24) is 16.0 Å². The normalized spacial score (nSPS) is 20.7. The lowest BCUT2D eigenvalue weighted by atomic mass is 9.96. The van der Waals surface area contributed by atoms with Gasteiger partial charge in [0.1, 0.15) is 23.9 Å². The quantitative estimate of drug-likeness (QED) is 0.536. The number of hydrogen-bond donors (Lipinski definition) is 3. The van der Waals surface area contributed by atoms with E-state index in [-0.39, 0.29) is 17.7 Å². The molecule has 2 heterocycles. The summed E-state index contributed by atoms with van der Waals surface area (Å²) in [5.74, 6) is -0.611. The summed E-state index contributed by atoms with van der Waals surface area (Å²) < 4.78 is 6.24. The molecule has 0 saturated heterocycles. The Morgan fingerprint density at radius 2 is 1.69 bits per heavy atom. The van der Waals surface area contributed by atoms with Gasteiger partial charge in [0.15, 0.2) is 0 Å². The van der Waals surface area contributed by atoms with Crippen molar-refractivity contribution in [2.75, 3.05) is 0 Å². The molecule has 2 aliphatic heterocycles. The first-order valence-electron chi connectivity index (χ1n) is 12.3. The summed E-state index contributed by atoms with van der Waals surface area (Å²) >= 11 is 0. The number of rotatable bonds is 6. The Hall–Kier alpha value is -3.87. The number of fused-ring (bicyclic) bond motifs is 10. The van der Waals surface area contributed by atoms with Gasteiger partial charge in [-0.3, -0.25) is 14.4 Å². The minimum Gasteiger partial charge on any atom is -0.487 e. The molecule has 4 rings (SSSR count). The maximum atomic E-state index is 13.6. The van der Waals surface area contributed by atoms with Crippen molar-refractivity contribution in [3.63, 3.8) is 0 Å². The van der Waals surface area contributed by atoms with E-state index in [0.717, 1.165) is 11.1 Å². The van der Waals surface area contributed by atoms with E-state index in [2.05, 4.69) is 16.0 Å². The number of nitrogens with one attached hydrogen (secondary N) is 3. The Bertz CT molecular complexity index is 1090. The molecule has 0 spiro atoms. The predicted octanol–water partition coefficient (Wildman–Crippen LogP) is 3.92. The summed E-state index contributed by atoms with van der Waals surface area (Å²) in [6.07, 6.45) is 6.19. The minimum atomic E-state index is -1.03. The highest BCUT2D eigenvalue weighted by molar-refractivity contribution is 5.97. The number of ether oxygens (including phenoxy) is 1. The van der Waals surface area contributed by atoms with Crippen molar-refractivity contribution < 1.29 is 19.1 Å². The smallest absolute Gasteiger partial charge is 0.247 e. The van der Waals surface area contributed by atoms with Crippen molar-refractivity contribution >= 4 is 29.9 Å². The van der Waals surface area contributed by atoms with Crippen LogP contribution in [-0.4, -0.2) is 35.9 Å². The van der Waals surface area contributed by atoms with E-state index in [1.165, 1.54) is 6.08 Å². The van der Waals surface area contributed by atoms with Gasteiger partial charge < -0.3 is 20.7 Å². The molecule has 2 aromatic rings. The van der Waals surface area contributed by atoms with Crippen LogP contribution in [0, 0.1) is 11.8 Å². The first kappa shape index (κ1) is 26.7. The van der Waals surface area contributed by atoms with E-state index in [1.807, 2.05) is 70.2 Å². The second kappa shape index (κ2) is 12.7. The van der Waals surface area contributed by atoms with Crippen LogP contribution < -0.4 is 20.7 Å². The van der Waals surface area contributed by atoms with Crippen LogP contribution in [0.1, 0.15) is 45.2 Å². The summed E-state index contributed by atoms with van der Waals surface area (Å²) in [4.78, 5) is 39.4. The molecule has 0 radical (unpaired) electrons. The largest absolute Gasteiger partial charge is 0.487 e. The van der Waals surface area contributed by atoms with Crippen LogP contribution in [0.2, 0.25) is 0 Å². The number of carbonyl (C=O) groups is 3. The standard InChI is InChI=1S/C29H35N3O4/c1-19(2)18-24-28(34)30-17-16-22-10-13-23(14-11-22)36-27(20(3)4)26(29(35)31-24)32-25(33)15-12-21-8-6-5-7-9-21/h5-17,19-20,24,26-27H,18H2,1-4H3,(H,30,34)(H,31,35)(H,32,33). The summed E-state index contributed by atoms with van der Waals surface area (Å²) in [6.45, 7) is 7.82. The van der Waals surface area contributed by atoms with Gasteiger partial charge in [0, 0.05) is 12.3 Å². The van der Waals surface area contributed by atoms with Gasteiger partial charge in [-0.1, -0.05) is 70.2 Å². The Balaban J connectivity index is 1.94. The van der Waals surface area contributed by atoms with Crippen molar-refractivity contribution in [3.8, 4) is 5.75 Å². The third-order valence-electron chi connectivity index (χ3n) is 5.79. The SMILES string of the molecule is CC(C)CC1NC(=O)C(NC(=O)C=Cc2ccccc2)C(C(C)C)Oc2ccc(cc2)C=CNC1=O. The number of benzene rings is 2. The van der Waals surface area contributed by atoms with E-state index in [0.29, 0.717) is 12.2 Å². The van der Waals surface area contributed by atoms with Crippen molar-refractivity contribution in [1.29, 1.82) is 0 Å². The molecule has 190 valence electrons. The molecule has 2 aliphatic rings. The van der Waals surface area contributed by atoms with Gasteiger partial charge in [0.25, 0.3) is 0 Å². The lowest BCUT2D eigenvalue weighted by Crippen LogP contribution is -2.59. The first-order chi connectivity index (χ1) is 17.2. The molecule has 3 unspecified atom stereocenters. The Labute approximate surface area is 213 Å². The molecule has 7 nitrogen and oxygen atoms in total. The van der Waals surface area contributed by atoms with E-state index in [9.17, 15) is 14.4 Å². The molecule has 0 aromatic heterocycles. The first-order valence-corrected chi connectivity index (χ1v) is 12.3. The zero-order chi connectivity index (χ0) is 26.1. The lowest BCUT2D eigenvalue weighted by Gasteiger charge is -2.32. The molecule has 0 fully saturated rings. The topological polar surface area (TPSA) is 96.5 Å². The Morgan fingerprint density at radius 1 is 1.00 bits per heavy atom. The molecule has 2 aromatic carbocycles. The van der Waals surface area contributed by atoms with Gasteiger partial charge in [-0.15, -0.1) is 0 Å². The molecular weight excluding hydrogens is 454 g/mol. The summed E-state index contributed by atoms with van der Waals surface area (Å²) in [5, 5.41) is 8.44. The Kier molecular flexibility index (Phi) is 9.45. The number of carbonyl (C=O) groups excluding carboxylic acids is 3. The predicted molar refractivity (Wildman–Crippen MR) is 142 cm³/mol. The fourth-order valence-corrected chi connectivity index (χ4v) is 3.92. The van der Waals surface area contributed by atoms with Crippen LogP contribution in [0.15, 0.2) is 66.9 Å². The van der Waals surface area contributed by atoms with Crippen molar-refractivity contribution in [2.45, 2.75) is 52.3 Å². The van der Waals surface area contributed by atoms with Gasteiger partial charge in [-0.05, 0) is 53.7 Å². The molecule has 3 atom stereocenters. The lowest BCUT2D eigenvalue weighted by molar-refractivity contribution is -0.133. The molecule has 3 amide bonds. The highest BCUT2D eigenvalue weighted by Gasteiger charge is 2.36. The maximum Gasteiger partial charge on any atom is 0.247 e. The molecule has 2 bridgehead atoms. The van der Waals surface area contributed by atoms with Crippen LogP contribution in [0.25, 0.3) is 12.2 Å². The van der Waals surface area contributed by atoms with E-state index in [4.69, 9.17) is 4.74 Å². The molecule has 0 aliphatic carbocycles. The average Bonchev–Trinajstić information content (AvgIpc) is 2.85. The highest BCUT2D eigenvalue weighted by atomic mass is 16.5.